The zero-order valence-corrected chi connectivity index (χ0v) is 20.1. The number of piperidine rings is 1. The highest BCUT2D eigenvalue weighted by Crippen LogP contribution is 2.32. The molecular formula is C24H27F3N6O3. The maximum atomic E-state index is 13.2. The van der Waals surface area contributed by atoms with Crippen LogP contribution in [0.15, 0.2) is 41.5 Å². The topological polar surface area (TPSA) is 112 Å². The fourth-order valence-electron chi connectivity index (χ4n) is 3.96. The Balaban J connectivity index is 1.61. The van der Waals surface area contributed by atoms with Crippen LogP contribution in [0.25, 0.3) is 10.9 Å². The third-order valence-electron chi connectivity index (χ3n) is 5.50. The summed E-state index contributed by atoms with van der Waals surface area (Å²) in [6, 6.07) is 6.06. The summed E-state index contributed by atoms with van der Waals surface area (Å²) in [4.78, 5) is 37.8. The molecule has 12 heteroatoms. The van der Waals surface area contributed by atoms with Crippen molar-refractivity contribution >= 4 is 34.3 Å². The van der Waals surface area contributed by atoms with Gasteiger partial charge in [0.05, 0.1) is 17.4 Å². The highest BCUT2D eigenvalue weighted by atomic mass is 19.4. The van der Waals surface area contributed by atoms with Crippen LogP contribution in [0, 0.1) is 0 Å². The third kappa shape index (κ3) is 6.04. The lowest BCUT2D eigenvalue weighted by atomic mass is 10.1. The van der Waals surface area contributed by atoms with Gasteiger partial charge in [-0.1, -0.05) is 6.07 Å². The maximum absolute atomic E-state index is 13.2. The smallest absolute Gasteiger partial charge is 0.416 e. The number of nitrogens with one attached hydrogen (secondary N) is 3. The molecule has 0 spiro atoms. The van der Waals surface area contributed by atoms with Crippen LogP contribution < -0.4 is 16.2 Å². The Bertz CT molecular complexity index is 1320. The van der Waals surface area contributed by atoms with Gasteiger partial charge in [0.2, 0.25) is 0 Å². The van der Waals surface area contributed by atoms with Gasteiger partial charge in [0, 0.05) is 30.9 Å². The van der Waals surface area contributed by atoms with E-state index in [1.54, 1.807) is 31.7 Å². The van der Waals surface area contributed by atoms with E-state index in [1.165, 1.54) is 18.5 Å². The Kier molecular flexibility index (Phi) is 6.79. The number of anilines is 3. The van der Waals surface area contributed by atoms with Crippen LogP contribution in [0.5, 0.6) is 0 Å². The fourth-order valence-corrected chi connectivity index (χ4v) is 3.96. The molecule has 0 bridgehead atoms. The fraction of sp³-hybridized carbons (Fsp3) is 0.417. The van der Waals surface area contributed by atoms with Crippen LogP contribution >= 0.6 is 0 Å². The van der Waals surface area contributed by atoms with Gasteiger partial charge in [-0.2, -0.15) is 13.2 Å². The summed E-state index contributed by atoms with van der Waals surface area (Å²) in [5.41, 5.74) is -1.50. The standard InChI is InChI=1S/C24H27F3N6O3/c1-23(2,3)36-22(35)33-9-5-8-16(12-33)30-18-11-17-19(21(34)29-13-28-17)20(32-18)31-15-7-4-6-14(10-15)24(25,26)27/h4,6-7,10-11,13,16H,5,8-9,12H2,1-3H3,(H,28,29,34)(H2,30,31,32)/t16-/m1/s1. The molecule has 36 heavy (non-hydrogen) atoms. The SMILES string of the molecule is CC(C)(C)OC(=O)N1CCC[C@@H](Nc2cc3nc[nH]c(=O)c3c(Nc3cccc(C(F)(F)F)c3)n2)C1. The summed E-state index contributed by atoms with van der Waals surface area (Å²) in [5, 5.41) is 6.21. The minimum atomic E-state index is -4.52. The molecular weight excluding hydrogens is 477 g/mol. The highest BCUT2D eigenvalue weighted by Gasteiger charge is 2.31. The van der Waals surface area contributed by atoms with E-state index >= 15 is 0 Å². The molecule has 3 heterocycles. The van der Waals surface area contributed by atoms with E-state index in [4.69, 9.17) is 4.74 Å². The maximum Gasteiger partial charge on any atom is 0.416 e. The second-order valence-electron chi connectivity index (χ2n) is 9.60. The minimum Gasteiger partial charge on any atom is -0.444 e. The Labute approximate surface area is 205 Å². The van der Waals surface area contributed by atoms with Gasteiger partial charge in [0.15, 0.2) is 0 Å². The van der Waals surface area contributed by atoms with Gasteiger partial charge in [0.1, 0.15) is 22.6 Å². The number of fused-ring (bicyclic) bond motifs is 1. The van der Waals surface area contributed by atoms with Gasteiger partial charge in [0.25, 0.3) is 5.56 Å². The number of hydrogen-bond acceptors (Lipinski definition) is 7. The van der Waals surface area contributed by atoms with Crippen molar-refractivity contribution in [2.24, 2.45) is 0 Å². The normalized spacial score (nSPS) is 16.6. The van der Waals surface area contributed by atoms with E-state index in [0.717, 1.165) is 25.0 Å². The molecule has 0 radical (unpaired) electrons. The molecule has 1 aromatic carbocycles. The number of carbonyl (C=O) groups excluding carboxylic acids is 1. The predicted molar refractivity (Wildman–Crippen MR) is 129 cm³/mol. The van der Waals surface area contributed by atoms with Crippen LogP contribution in [0.3, 0.4) is 0 Å². The Morgan fingerprint density at radius 3 is 2.72 bits per heavy atom. The average molecular weight is 505 g/mol. The Morgan fingerprint density at radius 1 is 1.22 bits per heavy atom. The first-order valence-electron chi connectivity index (χ1n) is 11.5. The molecule has 4 rings (SSSR count). The number of ether oxygens (including phenoxy) is 1. The first-order valence-corrected chi connectivity index (χ1v) is 11.5. The zero-order chi connectivity index (χ0) is 26.1. The number of alkyl halides is 3. The summed E-state index contributed by atoms with van der Waals surface area (Å²) in [7, 11) is 0. The molecule has 9 nitrogen and oxygen atoms in total. The molecule has 192 valence electrons. The number of aromatic amines is 1. The zero-order valence-electron chi connectivity index (χ0n) is 20.1. The van der Waals surface area contributed by atoms with Gasteiger partial charge < -0.3 is 25.3 Å². The van der Waals surface area contributed by atoms with E-state index in [2.05, 4.69) is 25.6 Å². The molecule has 1 saturated heterocycles. The lowest BCUT2D eigenvalue weighted by Gasteiger charge is -2.34. The van der Waals surface area contributed by atoms with Crippen LogP contribution in [0.1, 0.15) is 39.2 Å². The number of benzene rings is 1. The number of rotatable bonds is 4. The van der Waals surface area contributed by atoms with Crippen molar-refractivity contribution in [2.45, 2.75) is 51.4 Å². The molecule has 1 aliphatic heterocycles. The van der Waals surface area contributed by atoms with Crippen molar-refractivity contribution in [2.75, 3.05) is 23.7 Å². The van der Waals surface area contributed by atoms with Crippen molar-refractivity contribution < 1.29 is 22.7 Å². The molecule has 2 aromatic heterocycles. The number of nitrogens with zero attached hydrogens (tertiary/aromatic N) is 3. The number of pyridine rings is 1. The number of amides is 1. The number of H-pyrrole nitrogens is 1. The van der Waals surface area contributed by atoms with Crippen molar-refractivity contribution in [1.82, 2.24) is 19.9 Å². The van der Waals surface area contributed by atoms with Crippen molar-refractivity contribution in [3.8, 4) is 0 Å². The highest BCUT2D eigenvalue weighted by molar-refractivity contribution is 5.92. The summed E-state index contributed by atoms with van der Waals surface area (Å²) >= 11 is 0. The van der Waals surface area contributed by atoms with E-state index in [1.807, 2.05) is 0 Å². The van der Waals surface area contributed by atoms with E-state index in [0.29, 0.717) is 24.4 Å². The number of hydrogen-bond donors (Lipinski definition) is 3. The van der Waals surface area contributed by atoms with Gasteiger partial charge in [-0.15, -0.1) is 0 Å². The van der Waals surface area contributed by atoms with E-state index in [9.17, 15) is 22.8 Å². The Morgan fingerprint density at radius 2 is 2.00 bits per heavy atom. The molecule has 1 amide bonds. The number of halogens is 3. The molecule has 3 N–H and O–H groups in total. The van der Waals surface area contributed by atoms with Gasteiger partial charge in [-0.3, -0.25) is 4.79 Å². The lowest BCUT2D eigenvalue weighted by molar-refractivity contribution is -0.137. The monoisotopic (exact) mass is 504 g/mol. The van der Waals surface area contributed by atoms with Crippen LogP contribution in [0.2, 0.25) is 0 Å². The molecule has 1 aliphatic rings. The van der Waals surface area contributed by atoms with Crippen LogP contribution in [-0.4, -0.2) is 50.7 Å². The van der Waals surface area contributed by atoms with Gasteiger partial charge in [-0.25, -0.2) is 14.8 Å². The predicted octanol–water partition coefficient (Wildman–Crippen LogP) is 4.89. The van der Waals surface area contributed by atoms with Crippen LogP contribution in [-0.2, 0) is 10.9 Å². The molecule has 1 fully saturated rings. The molecule has 1 atom stereocenters. The van der Waals surface area contributed by atoms with Crippen molar-refractivity contribution in [3.05, 3.63) is 52.6 Å². The Hall–Kier alpha value is -3.83. The largest absolute Gasteiger partial charge is 0.444 e. The molecule has 0 saturated carbocycles. The first-order chi connectivity index (χ1) is 16.9. The van der Waals surface area contributed by atoms with Crippen molar-refractivity contribution in [3.63, 3.8) is 0 Å². The number of aromatic nitrogens is 3. The third-order valence-corrected chi connectivity index (χ3v) is 5.50. The summed E-state index contributed by atoms with van der Waals surface area (Å²) in [6.07, 6.45) is -2.17. The molecule has 3 aromatic rings. The van der Waals surface area contributed by atoms with E-state index < -0.39 is 29.0 Å². The number of carbonyl (C=O) groups is 1. The number of likely N-dealkylation sites (tertiary alicyclic amines) is 1. The molecule has 0 unspecified atom stereocenters. The van der Waals surface area contributed by atoms with Gasteiger partial charge in [-0.05, 0) is 51.8 Å². The van der Waals surface area contributed by atoms with Crippen molar-refractivity contribution in [1.29, 1.82) is 0 Å². The quantitative estimate of drug-likeness (QED) is 0.464. The second-order valence-corrected chi connectivity index (χ2v) is 9.60. The summed E-state index contributed by atoms with van der Waals surface area (Å²) in [5.74, 6) is 0.426. The van der Waals surface area contributed by atoms with Crippen LogP contribution in [0.4, 0.5) is 35.3 Å². The summed E-state index contributed by atoms with van der Waals surface area (Å²) < 4.78 is 45.0. The van der Waals surface area contributed by atoms with E-state index in [-0.39, 0.29) is 22.9 Å². The second kappa shape index (κ2) is 9.67. The lowest BCUT2D eigenvalue weighted by Crippen LogP contribution is -2.47. The first kappa shape index (κ1) is 25.3. The molecule has 0 aliphatic carbocycles. The minimum absolute atomic E-state index is 0.0588. The summed E-state index contributed by atoms with van der Waals surface area (Å²) in [6.45, 7) is 6.36. The average Bonchev–Trinajstić information content (AvgIpc) is 2.78. The van der Waals surface area contributed by atoms with Gasteiger partial charge >= 0.3 is 12.3 Å².